The molecular weight excluding hydrogens is 256 g/mol. The van der Waals surface area contributed by atoms with E-state index in [-0.39, 0.29) is 0 Å². The highest BCUT2D eigenvalue weighted by Crippen LogP contribution is 2.29. The van der Waals surface area contributed by atoms with Crippen LogP contribution >= 0.6 is 11.3 Å². The zero-order valence-electron chi connectivity index (χ0n) is 11.6. The number of methoxy groups -OCH3 is 1. The van der Waals surface area contributed by atoms with Crippen molar-refractivity contribution < 1.29 is 9.84 Å². The molecule has 2 rings (SSSR count). The highest BCUT2D eigenvalue weighted by molar-refractivity contribution is 7.12. The monoisotopic (exact) mass is 276 g/mol. The number of thiophene rings is 1. The van der Waals surface area contributed by atoms with Crippen LogP contribution in [0.1, 0.15) is 29.2 Å². The molecule has 1 aromatic heterocycles. The molecule has 1 heterocycles. The van der Waals surface area contributed by atoms with Crippen LogP contribution < -0.4 is 4.74 Å². The van der Waals surface area contributed by atoms with E-state index in [1.165, 1.54) is 9.75 Å². The predicted octanol–water partition coefficient (Wildman–Crippen LogP) is 3.77. The molecule has 0 saturated heterocycles. The molecule has 102 valence electrons. The number of rotatable bonds is 5. The van der Waals surface area contributed by atoms with Gasteiger partial charge in [0.05, 0.1) is 12.7 Å². The highest BCUT2D eigenvalue weighted by Gasteiger charge is 2.24. The van der Waals surface area contributed by atoms with Gasteiger partial charge in [0.2, 0.25) is 0 Å². The van der Waals surface area contributed by atoms with E-state index < -0.39 is 5.60 Å². The van der Waals surface area contributed by atoms with E-state index in [9.17, 15) is 5.11 Å². The standard InChI is InChI=1S/C16H20O2S/c1-4-14-9-10-15(19-14)11-16(2,17)12-5-7-13(18-3)8-6-12/h5-10,17H,4,11H2,1-3H3. The van der Waals surface area contributed by atoms with Crippen LogP contribution in [0.5, 0.6) is 5.75 Å². The smallest absolute Gasteiger partial charge is 0.118 e. The summed E-state index contributed by atoms with van der Waals surface area (Å²) in [5.41, 5.74) is 0.0713. The van der Waals surface area contributed by atoms with Crippen LogP contribution in [-0.2, 0) is 18.4 Å². The second kappa shape index (κ2) is 5.76. The molecule has 0 aliphatic rings. The summed E-state index contributed by atoms with van der Waals surface area (Å²) < 4.78 is 5.14. The van der Waals surface area contributed by atoms with Crippen molar-refractivity contribution in [3.05, 3.63) is 51.7 Å². The number of benzene rings is 1. The van der Waals surface area contributed by atoms with Crippen LogP contribution in [0, 0.1) is 0 Å². The maximum Gasteiger partial charge on any atom is 0.118 e. The van der Waals surface area contributed by atoms with Crippen LogP contribution in [0.15, 0.2) is 36.4 Å². The zero-order valence-corrected chi connectivity index (χ0v) is 12.5. The predicted molar refractivity (Wildman–Crippen MR) is 80.0 cm³/mol. The van der Waals surface area contributed by atoms with Gasteiger partial charge in [0, 0.05) is 16.2 Å². The van der Waals surface area contributed by atoms with Gasteiger partial charge >= 0.3 is 0 Å². The Kier molecular flexibility index (Phi) is 4.27. The van der Waals surface area contributed by atoms with Crippen LogP contribution in [0.2, 0.25) is 0 Å². The minimum Gasteiger partial charge on any atom is -0.497 e. The number of ether oxygens (including phenoxy) is 1. The van der Waals surface area contributed by atoms with E-state index in [2.05, 4.69) is 19.1 Å². The zero-order chi connectivity index (χ0) is 13.9. The summed E-state index contributed by atoms with van der Waals surface area (Å²) in [6.07, 6.45) is 1.69. The fourth-order valence-corrected chi connectivity index (χ4v) is 3.21. The third-order valence-electron chi connectivity index (χ3n) is 3.30. The molecule has 1 unspecified atom stereocenters. The van der Waals surface area contributed by atoms with Crippen molar-refractivity contribution in [2.45, 2.75) is 32.3 Å². The number of aryl methyl sites for hydroxylation is 1. The molecule has 0 fully saturated rings. The summed E-state index contributed by atoms with van der Waals surface area (Å²) in [4.78, 5) is 2.58. The Hall–Kier alpha value is -1.32. The first-order chi connectivity index (χ1) is 9.05. The van der Waals surface area contributed by atoms with E-state index in [1.807, 2.05) is 31.2 Å². The molecule has 1 N–H and O–H groups in total. The fourth-order valence-electron chi connectivity index (χ4n) is 2.10. The van der Waals surface area contributed by atoms with Gasteiger partial charge in [-0.25, -0.2) is 0 Å². The molecule has 0 aliphatic heterocycles. The van der Waals surface area contributed by atoms with Gasteiger partial charge in [-0.05, 0) is 43.2 Å². The van der Waals surface area contributed by atoms with Crippen LogP contribution in [-0.4, -0.2) is 12.2 Å². The second-order valence-electron chi connectivity index (χ2n) is 4.90. The normalized spacial score (nSPS) is 14.1. The second-order valence-corrected chi connectivity index (χ2v) is 6.15. The van der Waals surface area contributed by atoms with Crippen molar-refractivity contribution in [2.75, 3.05) is 7.11 Å². The van der Waals surface area contributed by atoms with Crippen molar-refractivity contribution >= 4 is 11.3 Å². The molecule has 0 radical (unpaired) electrons. The quantitative estimate of drug-likeness (QED) is 0.900. The van der Waals surface area contributed by atoms with Gasteiger partial charge in [0.15, 0.2) is 0 Å². The summed E-state index contributed by atoms with van der Waals surface area (Å²) in [5.74, 6) is 0.809. The lowest BCUT2D eigenvalue weighted by Gasteiger charge is -2.23. The fraction of sp³-hybridized carbons (Fsp3) is 0.375. The molecule has 19 heavy (non-hydrogen) atoms. The maximum atomic E-state index is 10.7. The molecule has 2 aromatic rings. The SMILES string of the molecule is CCc1ccc(CC(C)(O)c2ccc(OC)cc2)s1. The van der Waals surface area contributed by atoms with Gasteiger partial charge in [0.25, 0.3) is 0 Å². The molecule has 0 saturated carbocycles. The number of hydrogen-bond acceptors (Lipinski definition) is 3. The molecule has 1 atom stereocenters. The molecule has 0 aliphatic carbocycles. The molecule has 3 heteroatoms. The molecule has 0 spiro atoms. The molecular formula is C16H20O2S. The minimum atomic E-state index is -0.845. The lowest BCUT2D eigenvalue weighted by molar-refractivity contribution is 0.0584. The van der Waals surface area contributed by atoms with Crippen LogP contribution in [0.3, 0.4) is 0 Å². The average molecular weight is 276 g/mol. The largest absolute Gasteiger partial charge is 0.497 e. The summed E-state index contributed by atoms with van der Waals surface area (Å²) >= 11 is 1.78. The van der Waals surface area contributed by atoms with E-state index in [4.69, 9.17) is 4.74 Å². The van der Waals surface area contributed by atoms with Crippen molar-refractivity contribution in [3.63, 3.8) is 0 Å². The van der Waals surface area contributed by atoms with E-state index in [0.29, 0.717) is 6.42 Å². The third-order valence-corrected chi connectivity index (χ3v) is 4.53. The molecule has 0 bridgehead atoms. The molecule has 1 aromatic carbocycles. The van der Waals surface area contributed by atoms with Crippen molar-refractivity contribution in [3.8, 4) is 5.75 Å². The third kappa shape index (κ3) is 3.37. The van der Waals surface area contributed by atoms with Gasteiger partial charge in [-0.1, -0.05) is 19.1 Å². The van der Waals surface area contributed by atoms with Crippen LogP contribution in [0.4, 0.5) is 0 Å². The lowest BCUT2D eigenvalue weighted by Crippen LogP contribution is -2.23. The Labute approximate surface area is 118 Å². The first kappa shape index (κ1) is 14.1. The number of aliphatic hydroxyl groups is 1. The number of hydrogen-bond donors (Lipinski definition) is 1. The van der Waals surface area contributed by atoms with Crippen LogP contribution in [0.25, 0.3) is 0 Å². The minimum absolute atomic E-state index is 0.643. The lowest BCUT2D eigenvalue weighted by atomic mass is 9.92. The van der Waals surface area contributed by atoms with Crippen molar-refractivity contribution in [1.29, 1.82) is 0 Å². The van der Waals surface area contributed by atoms with Gasteiger partial charge in [0.1, 0.15) is 5.75 Å². The topological polar surface area (TPSA) is 29.5 Å². The van der Waals surface area contributed by atoms with Crippen molar-refractivity contribution in [1.82, 2.24) is 0 Å². The highest BCUT2D eigenvalue weighted by atomic mass is 32.1. The Bertz CT molecular complexity index is 526. The van der Waals surface area contributed by atoms with Gasteiger partial charge in [-0.15, -0.1) is 11.3 Å². The van der Waals surface area contributed by atoms with E-state index in [0.717, 1.165) is 17.7 Å². The maximum absolute atomic E-state index is 10.7. The average Bonchev–Trinajstić information content (AvgIpc) is 2.85. The Balaban J connectivity index is 2.16. The molecule has 2 nitrogen and oxygen atoms in total. The summed E-state index contributed by atoms with van der Waals surface area (Å²) in [5, 5.41) is 10.7. The summed E-state index contributed by atoms with van der Waals surface area (Å²) in [6, 6.07) is 11.9. The van der Waals surface area contributed by atoms with E-state index in [1.54, 1.807) is 18.4 Å². The van der Waals surface area contributed by atoms with E-state index >= 15 is 0 Å². The molecule has 0 amide bonds. The first-order valence-electron chi connectivity index (χ1n) is 6.49. The Morgan fingerprint density at radius 1 is 1.11 bits per heavy atom. The van der Waals surface area contributed by atoms with Gasteiger partial charge in [-0.2, -0.15) is 0 Å². The summed E-state index contributed by atoms with van der Waals surface area (Å²) in [6.45, 7) is 4.01. The first-order valence-corrected chi connectivity index (χ1v) is 7.31. The van der Waals surface area contributed by atoms with Gasteiger partial charge < -0.3 is 9.84 Å². The Morgan fingerprint density at radius 3 is 2.26 bits per heavy atom. The Morgan fingerprint density at radius 2 is 1.74 bits per heavy atom. The van der Waals surface area contributed by atoms with Gasteiger partial charge in [-0.3, -0.25) is 0 Å². The summed E-state index contributed by atoms with van der Waals surface area (Å²) in [7, 11) is 1.64. The van der Waals surface area contributed by atoms with Crippen molar-refractivity contribution in [2.24, 2.45) is 0 Å².